The Labute approximate surface area is 110 Å². The Morgan fingerprint density at radius 1 is 1.06 bits per heavy atom. The van der Waals surface area contributed by atoms with E-state index in [9.17, 15) is 0 Å². The van der Waals surface area contributed by atoms with E-state index in [2.05, 4.69) is 46.9 Å². The molecular formula is C15H14N2S. The number of fused-ring (bicyclic) bond motifs is 1. The Morgan fingerprint density at radius 2 is 1.94 bits per heavy atom. The predicted octanol–water partition coefficient (Wildman–Crippen LogP) is 4.47. The Morgan fingerprint density at radius 3 is 2.78 bits per heavy atom. The molecule has 2 nitrogen and oxygen atoms in total. The largest absolute Gasteiger partial charge is 0.363 e. The summed E-state index contributed by atoms with van der Waals surface area (Å²) in [4.78, 5) is 5.94. The SMILES string of the molecule is CC(Nc1ccc2ccccc2n1)c1cccs1. The first-order valence-electron chi connectivity index (χ1n) is 5.99. The van der Waals surface area contributed by atoms with Gasteiger partial charge in [0.05, 0.1) is 11.6 Å². The number of pyridine rings is 1. The van der Waals surface area contributed by atoms with Crippen molar-refractivity contribution in [3.05, 3.63) is 58.8 Å². The molecule has 2 aromatic heterocycles. The number of nitrogens with zero attached hydrogens (tertiary/aromatic N) is 1. The highest BCUT2D eigenvalue weighted by Crippen LogP contribution is 2.23. The number of nitrogens with one attached hydrogen (secondary N) is 1. The van der Waals surface area contributed by atoms with E-state index in [0.29, 0.717) is 6.04 Å². The van der Waals surface area contributed by atoms with Crippen LogP contribution in [0.3, 0.4) is 0 Å². The van der Waals surface area contributed by atoms with Crippen LogP contribution in [-0.2, 0) is 0 Å². The highest BCUT2D eigenvalue weighted by Gasteiger charge is 2.06. The summed E-state index contributed by atoms with van der Waals surface area (Å²) < 4.78 is 0. The monoisotopic (exact) mass is 254 g/mol. The summed E-state index contributed by atoms with van der Waals surface area (Å²) in [6.07, 6.45) is 0. The number of aromatic nitrogens is 1. The molecule has 3 rings (SSSR count). The maximum Gasteiger partial charge on any atom is 0.127 e. The van der Waals surface area contributed by atoms with E-state index in [-0.39, 0.29) is 0 Å². The minimum Gasteiger partial charge on any atom is -0.363 e. The van der Waals surface area contributed by atoms with Crippen LogP contribution in [0.4, 0.5) is 5.82 Å². The Hall–Kier alpha value is -1.87. The van der Waals surface area contributed by atoms with Crippen molar-refractivity contribution in [2.75, 3.05) is 5.32 Å². The highest BCUT2D eigenvalue weighted by molar-refractivity contribution is 7.10. The minimum absolute atomic E-state index is 0.290. The third-order valence-corrected chi connectivity index (χ3v) is 3.99. The van der Waals surface area contributed by atoms with Gasteiger partial charge >= 0.3 is 0 Å². The van der Waals surface area contributed by atoms with E-state index in [4.69, 9.17) is 0 Å². The molecule has 1 unspecified atom stereocenters. The van der Waals surface area contributed by atoms with Gasteiger partial charge < -0.3 is 5.32 Å². The lowest BCUT2D eigenvalue weighted by atomic mass is 10.2. The molecule has 3 aromatic rings. The molecule has 1 N–H and O–H groups in total. The zero-order valence-electron chi connectivity index (χ0n) is 10.1. The van der Waals surface area contributed by atoms with Crippen molar-refractivity contribution in [3.63, 3.8) is 0 Å². The molecule has 3 heteroatoms. The van der Waals surface area contributed by atoms with Gasteiger partial charge in [-0.3, -0.25) is 0 Å². The van der Waals surface area contributed by atoms with Crippen molar-refractivity contribution in [2.45, 2.75) is 13.0 Å². The number of hydrogen-bond donors (Lipinski definition) is 1. The van der Waals surface area contributed by atoms with Crippen molar-refractivity contribution >= 4 is 28.1 Å². The summed E-state index contributed by atoms with van der Waals surface area (Å²) in [6, 6.07) is 16.8. The first-order chi connectivity index (χ1) is 8.83. The number of anilines is 1. The highest BCUT2D eigenvalue weighted by atomic mass is 32.1. The van der Waals surface area contributed by atoms with E-state index in [1.807, 2.05) is 24.3 Å². The van der Waals surface area contributed by atoms with E-state index in [0.717, 1.165) is 11.3 Å². The summed E-state index contributed by atoms with van der Waals surface area (Å²) in [5.74, 6) is 0.926. The average Bonchev–Trinajstić information content (AvgIpc) is 2.92. The van der Waals surface area contributed by atoms with E-state index >= 15 is 0 Å². The fraction of sp³-hybridized carbons (Fsp3) is 0.133. The van der Waals surface area contributed by atoms with Gasteiger partial charge in [-0.2, -0.15) is 0 Å². The van der Waals surface area contributed by atoms with Crippen LogP contribution >= 0.6 is 11.3 Å². The summed E-state index contributed by atoms with van der Waals surface area (Å²) in [7, 11) is 0. The molecule has 0 saturated carbocycles. The van der Waals surface area contributed by atoms with Gasteiger partial charge in [0.25, 0.3) is 0 Å². The molecule has 1 atom stereocenters. The van der Waals surface area contributed by atoms with Gasteiger partial charge in [-0.05, 0) is 36.6 Å². The second kappa shape index (κ2) is 4.78. The summed E-state index contributed by atoms with van der Waals surface area (Å²) in [5.41, 5.74) is 1.03. The summed E-state index contributed by atoms with van der Waals surface area (Å²) in [5, 5.41) is 6.71. The molecule has 0 saturated heterocycles. The second-order valence-corrected chi connectivity index (χ2v) is 5.25. The maximum atomic E-state index is 4.62. The van der Waals surface area contributed by atoms with Gasteiger partial charge in [-0.25, -0.2) is 4.98 Å². The number of thiophene rings is 1. The molecule has 1 aromatic carbocycles. The quantitative estimate of drug-likeness (QED) is 0.746. The molecule has 0 aliphatic heterocycles. The fourth-order valence-electron chi connectivity index (χ4n) is 1.98. The van der Waals surface area contributed by atoms with Crippen molar-refractivity contribution in [2.24, 2.45) is 0 Å². The summed E-state index contributed by atoms with van der Waals surface area (Å²) in [6.45, 7) is 2.16. The van der Waals surface area contributed by atoms with E-state index in [1.54, 1.807) is 11.3 Å². The molecule has 0 fully saturated rings. The van der Waals surface area contributed by atoms with Gasteiger partial charge in [0, 0.05) is 10.3 Å². The lowest BCUT2D eigenvalue weighted by molar-refractivity contribution is 0.899. The number of benzene rings is 1. The molecule has 0 aliphatic carbocycles. The molecule has 2 heterocycles. The zero-order chi connectivity index (χ0) is 12.4. The lowest BCUT2D eigenvalue weighted by Gasteiger charge is -2.13. The van der Waals surface area contributed by atoms with Crippen LogP contribution in [0, 0.1) is 0 Å². The maximum absolute atomic E-state index is 4.62. The Balaban J connectivity index is 1.86. The molecular weight excluding hydrogens is 240 g/mol. The van der Waals surface area contributed by atoms with Crippen LogP contribution in [-0.4, -0.2) is 4.98 Å². The first-order valence-corrected chi connectivity index (χ1v) is 6.86. The van der Waals surface area contributed by atoms with E-state index in [1.165, 1.54) is 10.3 Å². The van der Waals surface area contributed by atoms with E-state index < -0.39 is 0 Å². The molecule has 0 radical (unpaired) electrons. The number of hydrogen-bond acceptors (Lipinski definition) is 3. The van der Waals surface area contributed by atoms with Crippen LogP contribution in [0.15, 0.2) is 53.9 Å². The smallest absolute Gasteiger partial charge is 0.127 e. The normalized spacial score (nSPS) is 12.5. The topological polar surface area (TPSA) is 24.9 Å². The van der Waals surface area contributed by atoms with Gasteiger partial charge in [0.15, 0.2) is 0 Å². The molecule has 90 valence electrons. The molecule has 0 bridgehead atoms. The van der Waals surface area contributed by atoms with Crippen molar-refractivity contribution < 1.29 is 0 Å². The van der Waals surface area contributed by atoms with Crippen molar-refractivity contribution in [1.29, 1.82) is 0 Å². The average molecular weight is 254 g/mol. The third kappa shape index (κ3) is 2.22. The van der Waals surface area contributed by atoms with Crippen LogP contribution in [0.2, 0.25) is 0 Å². The van der Waals surface area contributed by atoms with Gasteiger partial charge in [-0.15, -0.1) is 11.3 Å². The lowest BCUT2D eigenvalue weighted by Crippen LogP contribution is -2.06. The number of para-hydroxylation sites is 1. The van der Waals surface area contributed by atoms with Crippen LogP contribution < -0.4 is 5.32 Å². The molecule has 0 spiro atoms. The van der Waals surface area contributed by atoms with Crippen molar-refractivity contribution in [1.82, 2.24) is 4.98 Å². The predicted molar refractivity (Wildman–Crippen MR) is 78.1 cm³/mol. The zero-order valence-corrected chi connectivity index (χ0v) is 10.9. The van der Waals surface area contributed by atoms with Crippen molar-refractivity contribution in [3.8, 4) is 0 Å². The van der Waals surface area contributed by atoms with Crippen LogP contribution in [0.1, 0.15) is 17.8 Å². The van der Waals surface area contributed by atoms with Gasteiger partial charge in [-0.1, -0.05) is 24.3 Å². The standard InChI is InChI=1S/C15H14N2S/c1-11(14-7-4-10-18-14)16-15-9-8-12-5-2-3-6-13(12)17-15/h2-11H,1H3,(H,16,17). The molecule has 0 aliphatic rings. The first kappa shape index (κ1) is 11.2. The summed E-state index contributed by atoms with van der Waals surface area (Å²) >= 11 is 1.76. The molecule has 0 amide bonds. The second-order valence-electron chi connectivity index (χ2n) is 4.27. The fourth-order valence-corrected chi connectivity index (χ4v) is 2.71. The van der Waals surface area contributed by atoms with Crippen LogP contribution in [0.25, 0.3) is 10.9 Å². The van der Waals surface area contributed by atoms with Gasteiger partial charge in [0.1, 0.15) is 5.82 Å². The molecule has 18 heavy (non-hydrogen) atoms. The van der Waals surface area contributed by atoms with Crippen LogP contribution in [0.5, 0.6) is 0 Å². The third-order valence-electron chi connectivity index (χ3n) is 2.93. The number of rotatable bonds is 3. The Bertz CT molecular complexity index is 646. The Kier molecular flexibility index (Phi) is 2.99. The minimum atomic E-state index is 0.290. The van der Waals surface area contributed by atoms with Gasteiger partial charge in [0.2, 0.25) is 0 Å².